The number of rotatable bonds is 39. The Balaban J connectivity index is 3.05. The van der Waals surface area contributed by atoms with Gasteiger partial charge < -0.3 is 61.9 Å². The van der Waals surface area contributed by atoms with Gasteiger partial charge in [0.1, 0.15) is 0 Å². The lowest BCUT2D eigenvalue weighted by atomic mass is 10.5. The maximum Gasteiger partial charge on any atom is 0.305 e. The van der Waals surface area contributed by atoms with Crippen molar-refractivity contribution in [1.29, 1.82) is 0 Å². The van der Waals surface area contributed by atoms with Crippen LogP contribution in [0.1, 0.15) is 13.3 Å². The van der Waals surface area contributed by atoms with E-state index < -0.39 is 5.97 Å². The summed E-state index contributed by atoms with van der Waals surface area (Å²) >= 11 is 1.26. The van der Waals surface area contributed by atoms with E-state index in [1.54, 1.807) is 6.92 Å². The standard InChI is InChI=1S/C29H56O15S/c1-28(30)45-27-26-44-25-24-43-23-22-42-21-20-41-19-18-40-17-16-39-15-14-38-13-12-37-11-10-36-9-8-35-7-6-34-5-4-33-3-2-29(31)32/h2-27H2,1H3,(H,31,32). The van der Waals surface area contributed by atoms with Crippen molar-refractivity contribution in [2.45, 2.75) is 13.3 Å². The van der Waals surface area contributed by atoms with E-state index in [1.807, 2.05) is 0 Å². The zero-order valence-corrected chi connectivity index (χ0v) is 27.8. The molecule has 0 bridgehead atoms. The molecule has 0 atom stereocenters. The lowest BCUT2D eigenvalue weighted by Gasteiger charge is -2.09. The van der Waals surface area contributed by atoms with Gasteiger partial charge in [-0.3, -0.25) is 9.59 Å². The van der Waals surface area contributed by atoms with Gasteiger partial charge in [-0.2, -0.15) is 0 Å². The molecule has 0 spiro atoms. The van der Waals surface area contributed by atoms with Crippen LogP contribution in [0, 0.1) is 0 Å². The molecule has 0 saturated carbocycles. The molecule has 0 saturated heterocycles. The molecule has 0 heterocycles. The lowest BCUT2D eigenvalue weighted by Crippen LogP contribution is -2.15. The van der Waals surface area contributed by atoms with Gasteiger partial charge in [-0.1, -0.05) is 11.8 Å². The smallest absolute Gasteiger partial charge is 0.305 e. The Morgan fingerprint density at radius 2 is 0.578 bits per heavy atom. The highest BCUT2D eigenvalue weighted by Gasteiger charge is 1.98. The number of aliphatic carboxylic acids is 1. The Morgan fingerprint density at radius 1 is 0.378 bits per heavy atom. The first kappa shape index (κ1) is 44.0. The number of hydrogen-bond acceptors (Lipinski definition) is 15. The van der Waals surface area contributed by atoms with E-state index in [4.69, 9.17) is 61.9 Å². The molecule has 45 heavy (non-hydrogen) atoms. The highest BCUT2D eigenvalue weighted by molar-refractivity contribution is 8.13. The predicted molar refractivity (Wildman–Crippen MR) is 165 cm³/mol. The summed E-state index contributed by atoms with van der Waals surface area (Å²) in [6.07, 6.45) is -0.00444. The van der Waals surface area contributed by atoms with Gasteiger partial charge in [0.25, 0.3) is 0 Å². The molecule has 15 nitrogen and oxygen atoms in total. The lowest BCUT2D eigenvalue weighted by molar-refractivity contribution is -0.138. The monoisotopic (exact) mass is 676 g/mol. The topological polar surface area (TPSA) is 165 Å². The minimum atomic E-state index is -0.876. The molecule has 0 aromatic rings. The van der Waals surface area contributed by atoms with Gasteiger partial charge in [0.2, 0.25) is 0 Å². The van der Waals surface area contributed by atoms with Crippen LogP contribution in [0.4, 0.5) is 0 Å². The summed E-state index contributed by atoms with van der Waals surface area (Å²) in [5.41, 5.74) is 0. The maximum absolute atomic E-state index is 10.8. The van der Waals surface area contributed by atoms with E-state index >= 15 is 0 Å². The van der Waals surface area contributed by atoms with Crippen molar-refractivity contribution < 1.29 is 71.5 Å². The summed E-state index contributed by atoms with van der Waals surface area (Å²) in [6, 6.07) is 0. The van der Waals surface area contributed by atoms with Gasteiger partial charge in [0.15, 0.2) is 5.12 Å². The van der Waals surface area contributed by atoms with Crippen LogP contribution >= 0.6 is 11.8 Å². The van der Waals surface area contributed by atoms with Crippen molar-refractivity contribution in [2.75, 3.05) is 164 Å². The van der Waals surface area contributed by atoms with E-state index in [-0.39, 0.29) is 18.1 Å². The third-order valence-electron chi connectivity index (χ3n) is 5.09. The molecule has 0 aliphatic heterocycles. The zero-order valence-electron chi connectivity index (χ0n) is 27.0. The SMILES string of the molecule is CC(=O)SCCOCCOCCOCCOCCOCCOCCOCCOCCOCCOCCOCCOCCC(=O)O. The van der Waals surface area contributed by atoms with E-state index in [0.717, 1.165) is 0 Å². The van der Waals surface area contributed by atoms with E-state index in [0.29, 0.717) is 158 Å². The Kier molecular flexibility index (Phi) is 38.3. The van der Waals surface area contributed by atoms with Gasteiger partial charge in [-0.15, -0.1) is 0 Å². The summed E-state index contributed by atoms with van der Waals surface area (Å²) < 4.78 is 64.7. The molecule has 0 rings (SSSR count). The summed E-state index contributed by atoms with van der Waals surface area (Å²) in [4.78, 5) is 21.1. The summed E-state index contributed by atoms with van der Waals surface area (Å²) in [5.74, 6) is -0.207. The van der Waals surface area contributed by atoms with Crippen LogP contribution in [0.3, 0.4) is 0 Å². The second-order valence-corrected chi connectivity index (χ2v) is 10.1. The minimum Gasteiger partial charge on any atom is -0.481 e. The van der Waals surface area contributed by atoms with Gasteiger partial charge >= 0.3 is 5.97 Å². The molecule has 0 radical (unpaired) electrons. The molecule has 0 amide bonds. The van der Waals surface area contributed by atoms with Crippen LogP contribution < -0.4 is 0 Å². The first-order valence-electron chi connectivity index (χ1n) is 15.4. The number of hydrogen-bond donors (Lipinski definition) is 1. The van der Waals surface area contributed by atoms with E-state index in [9.17, 15) is 9.59 Å². The number of carboxylic acid groups (broad SMARTS) is 1. The second kappa shape index (κ2) is 39.2. The molecule has 1 N–H and O–H groups in total. The largest absolute Gasteiger partial charge is 0.481 e. The van der Waals surface area contributed by atoms with Crippen molar-refractivity contribution in [3.05, 3.63) is 0 Å². The normalized spacial score (nSPS) is 11.4. The van der Waals surface area contributed by atoms with Crippen molar-refractivity contribution >= 4 is 22.8 Å². The molecule has 16 heteroatoms. The first-order chi connectivity index (χ1) is 22.1. The number of carbonyl (C=O) groups excluding carboxylic acids is 1. The van der Waals surface area contributed by atoms with E-state index in [1.165, 1.54) is 11.8 Å². The molecule has 0 aliphatic rings. The maximum atomic E-state index is 10.8. The van der Waals surface area contributed by atoms with Crippen LogP contribution in [-0.4, -0.2) is 181 Å². The number of ether oxygens (including phenoxy) is 12. The first-order valence-corrected chi connectivity index (χ1v) is 16.4. The van der Waals surface area contributed by atoms with Crippen LogP contribution in [0.15, 0.2) is 0 Å². The van der Waals surface area contributed by atoms with Crippen molar-refractivity contribution in [3.63, 3.8) is 0 Å². The Bertz CT molecular complexity index is 568. The minimum absolute atomic E-state index is 0.00444. The third kappa shape index (κ3) is 43.0. The van der Waals surface area contributed by atoms with Gasteiger partial charge in [-0.25, -0.2) is 0 Å². The average Bonchev–Trinajstić information content (AvgIpc) is 3.02. The highest BCUT2D eigenvalue weighted by Crippen LogP contribution is 1.99. The molecule has 0 aliphatic carbocycles. The molecular weight excluding hydrogens is 620 g/mol. The van der Waals surface area contributed by atoms with Crippen LogP contribution in [0.5, 0.6) is 0 Å². The zero-order chi connectivity index (χ0) is 32.7. The second-order valence-electron chi connectivity index (χ2n) is 8.83. The average molecular weight is 677 g/mol. The Labute approximate surface area is 272 Å². The van der Waals surface area contributed by atoms with Gasteiger partial charge in [0.05, 0.1) is 165 Å². The van der Waals surface area contributed by atoms with Gasteiger partial charge in [0, 0.05) is 12.7 Å². The molecule has 0 fully saturated rings. The molecule has 0 unspecified atom stereocenters. The fourth-order valence-corrected chi connectivity index (χ4v) is 3.41. The summed E-state index contributed by atoms with van der Waals surface area (Å²) in [6.45, 7) is 12.8. The molecule has 0 aromatic carbocycles. The summed E-state index contributed by atoms with van der Waals surface area (Å²) in [7, 11) is 0. The van der Waals surface area contributed by atoms with Crippen LogP contribution in [0.2, 0.25) is 0 Å². The summed E-state index contributed by atoms with van der Waals surface area (Å²) in [5, 5.41) is 8.58. The fraction of sp³-hybridized carbons (Fsp3) is 0.931. The number of thioether (sulfide) groups is 1. The predicted octanol–water partition coefficient (Wildman–Crippen LogP) is 0.940. The van der Waals surface area contributed by atoms with Crippen LogP contribution in [0.25, 0.3) is 0 Å². The van der Waals surface area contributed by atoms with Gasteiger partial charge in [-0.05, 0) is 0 Å². The molecule has 268 valence electrons. The quantitative estimate of drug-likeness (QED) is 0.0914. The molecule has 0 aromatic heterocycles. The Morgan fingerprint density at radius 3 is 0.778 bits per heavy atom. The molecular formula is C29H56O15S. The van der Waals surface area contributed by atoms with Crippen molar-refractivity contribution in [2.24, 2.45) is 0 Å². The van der Waals surface area contributed by atoms with Crippen molar-refractivity contribution in [3.8, 4) is 0 Å². The third-order valence-corrected chi connectivity index (χ3v) is 5.86. The van der Waals surface area contributed by atoms with Crippen LogP contribution in [-0.2, 0) is 66.4 Å². The number of carboxylic acids is 1. The number of carbonyl (C=O) groups is 2. The Hall–Kier alpha value is -0.990. The van der Waals surface area contributed by atoms with Crippen molar-refractivity contribution in [1.82, 2.24) is 0 Å². The highest BCUT2D eigenvalue weighted by atomic mass is 32.2. The fourth-order valence-electron chi connectivity index (χ4n) is 2.92. The van der Waals surface area contributed by atoms with E-state index in [2.05, 4.69) is 0 Å².